The summed E-state index contributed by atoms with van der Waals surface area (Å²) >= 11 is 0. The summed E-state index contributed by atoms with van der Waals surface area (Å²) in [6.45, 7) is 3.81. The van der Waals surface area contributed by atoms with E-state index in [0.29, 0.717) is 22.6 Å². The lowest BCUT2D eigenvalue weighted by Gasteiger charge is -2.24. The van der Waals surface area contributed by atoms with E-state index in [0.717, 1.165) is 11.1 Å². The molecule has 0 saturated carbocycles. The van der Waals surface area contributed by atoms with Gasteiger partial charge in [-0.3, -0.25) is 14.4 Å². The van der Waals surface area contributed by atoms with Gasteiger partial charge in [-0.2, -0.15) is 0 Å². The minimum atomic E-state index is -1.24. The van der Waals surface area contributed by atoms with Crippen molar-refractivity contribution < 1.29 is 14.4 Å². The highest BCUT2D eigenvalue weighted by molar-refractivity contribution is 6.19. The zero-order valence-corrected chi connectivity index (χ0v) is 17.3. The number of benzene rings is 3. The van der Waals surface area contributed by atoms with E-state index in [1.165, 1.54) is 0 Å². The van der Waals surface area contributed by atoms with Gasteiger partial charge in [-0.05, 0) is 42.7 Å². The second-order valence-corrected chi connectivity index (χ2v) is 7.65. The van der Waals surface area contributed by atoms with Gasteiger partial charge in [-0.25, -0.2) is 0 Å². The van der Waals surface area contributed by atoms with Crippen LogP contribution >= 0.6 is 0 Å². The molecule has 3 aromatic carbocycles. The Morgan fingerprint density at radius 2 is 1.29 bits per heavy atom. The van der Waals surface area contributed by atoms with Crippen molar-refractivity contribution in [2.45, 2.75) is 19.8 Å². The van der Waals surface area contributed by atoms with E-state index in [9.17, 15) is 14.4 Å². The van der Waals surface area contributed by atoms with Gasteiger partial charge in [0.25, 0.3) is 0 Å². The van der Waals surface area contributed by atoms with Gasteiger partial charge >= 0.3 is 0 Å². The lowest BCUT2D eigenvalue weighted by atomic mass is 9.83. The average Bonchev–Trinajstić information content (AvgIpc) is 2.88. The number of rotatable bonds is 4. The molecule has 1 heterocycles. The van der Waals surface area contributed by atoms with E-state index in [2.05, 4.69) is 16.0 Å². The summed E-state index contributed by atoms with van der Waals surface area (Å²) in [6, 6.07) is 21.6. The molecule has 156 valence electrons. The molecule has 0 bridgehead atoms. The normalized spacial score (nSPS) is 14.6. The maximum atomic E-state index is 13.5. The molecule has 0 spiro atoms. The standard InChI is InChI=1S/C25H23N3O3/c1-15-9-8-10-16(2)22(15)28-23(29)20(17-11-4-3-5-12-17)21-24(30)26-18-13-6-7-14-19(18)27-25(21)31/h3-14,20-21H,1-2H3,(H,26,30)(H,27,31)(H,28,29). The Hall–Kier alpha value is -3.93. The van der Waals surface area contributed by atoms with E-state index in [1.54, 1.807) is 48.5 Å². The molecule has 4 rings (SSSR count). The fourth-order valence-electron chi connectivity index (χ4n) is 3.91. The van der Waals surface area contributed by atoms with Crippen LogP contribution in [0.4, 0.5) is 17.1 Å². The van der Waals surface area contributed by atoms with Crippen LogP contribution in [0.15, 0.2) is 72.8 Å². The molecule has 0 aliphatic carbocycles. The van der Waals surface area contributed by atoms with Crippen LogP contribution in [-0.2, 0) is 14.4 Å². The molecule has 31 heavy (non-hydrogen) atoms. The molecule has 6 heteroatoms. The molecule has 1 aliphatic rings. The molecule has 3 N–H and O–H groups in total. The van der Waals surface area contributed by atoms with Crippen molar-refractivity contribution in [2.24, 2.45) is 5.92 Å². The third kappa shape index (κ3) is 4.05. The van der Waals surface area contributed by atoms with Crippen LogP contribution in [0.25, 0.3) is 0 Å². The van der Waals surface area contributed by atoms with Crippen molar-refractivity contribution in [1.82, 2.24) is 0 Å². The van der Waals surface area contributed by atoms with Crippen LogP contribution in [-0.4, -0.2) is 17.7 Å². The second-order valence-electron chi connectivity index (χ2n) is 7.65. The lowest BCUT2D eigenvalue weighted by molar-refractivity contribution is -0.134. The molecule has 0 aromatic heterocycles. The predicted octanol–water partition coefficient (Wildman–Crippen LogP) is 4.23. The van der Waals surface area contributed by atoms with E-state index >= 15 is 0 Å². The number of amides is 3. The van der Waals surface area contributed by atoms with Gasteiger partial charge < -0.3 is 16.0 Å². The number of hydrogen-bond acceptors (Lipinski definition) is 3. The minimum absolute atomic E-state index is 0.412. The van der Waals surface area contributed by atoms with Crippen LogP contribution in [0.3, 0.4) is 0 Å². The number of nitrogens with one attached hydrogen (secondary N) is 3. The van der Waals surface area contributed by atoms with Crippen LogP contribution in [0, 0.1) is 19.8 Å². The number of aryl methyl sites for hydroxylation is 2. The third-order valence-electron chi connectivity index (χ3n) is 5.51. The SMILES string of the molecule is Cc1cccc(C)c1NC(=O)C(c1ccccc1)C1C(=O)Nc2ccccc2NC1=O. The fraction of sp³-hybridized carbons (Fsp3) is 0.160. The van der Waals surface area contributed by atoms with Crippen molar-refractivity contribution in [1.29, 1.82) is 0 Å². The number of carbonyl (C=O) groups excluding carboxylic acids is 3. The Bertz CT molecular complexity index is 1100. The summed E-state index contributed by atoms with van der Waals surface area (Å²) < 4.78 is 0. The molecule has 1 aliphatic heterocycles. The Kier molecular flexibility index (Phi) is 5.54. The molecular weight excluding hydrogens is 390 g/mol. The highest BCUT2D eigenvalue weighted by Crippen LogP contribution is 2.34. The maximum Gasteiger partial charge on any atom is 0.238 e. The number of carbonyl (C=O) groups is 3. The molecule has 0 fully saturated rings. The van der Waals surface area contributed by atoms with Crippen LogP contribution in [0.1, 0.15) is 22.6 Å². The third-order valence-corrected chi connectivity index (χ3v) is 5.51. The minimum Gasteiger partial charge on any atom is -0.325 e. The lowest BCUT2D eigenvalue weighted by Crippen LogP contribution is -2.41. The van der Waals surface area contributed by atoms with E-state index in [1.807, 2.05) is 38.1 Å². The Balaban J connectivity index is 1.74. The zero-order valence-electron chi connectivity index (χ0n) is 17.3. The molecule has 0 saturated heterocycles. The Morgan fingerprint density at radius 3 is 1.84 bits per heavy atom. The summed E-state index contributed by atoms with van der Waals surface area (Å²) in [5, 5.41) is 8.54. The molecule has 3 aromatic rings. The molecule has 6 nitrogen and oxygen atoms in total. The van der Waals surface area contributed by atoms with Gasteiger partial charge in [0, 0.05) is 5.69 Å². The van der Waals surface area contributed by atoms with Gasteiger partial charge in [0.05, 0.1) is 17.3 Å². The van der Waals surface area contributed by atoms with E-state index < -0.39 is 29.6 Å². The van der Waals surface area contributed by atoms with Crippen LogP contribution in [0.5, 0.6) is 0 Å². The first-order valence-corrected chi connectivity index (χ1v) is 10.1. The summed E-state index contributed by atoms with van der Waals surface area (Å²) in [5.41, 5.74) is 4.10. The first-order chi connectivity index (χ1) is 15.0. The Morgan fingerprint density at radius 1 is 0.774 bits per heavy atom. The fourth-order valence-corrected chi connectivity index (χ4v) is 3.91. The largest absolute Gasteiger partial charge is 0.325 e. The first kappa shape index (κ1) is 20.3. The molecular formula is C25H23N3O3. The van der Waals surface area contributed by atoms with Crippen molar-refractivity contribution >= 4 is 34.8 Å². The van der Waals surface area contributed by atoms with Gasteiger partial charge in [0.1, 0.15) is 5.92 Å². The maximum absolute atomic E-state index is 13.5. The quantitative estimate of drug-likeness (QED) is 0.559. The van der Waals surface area contributed by atoms with E-state index in [4.69, 9.17) is 0 Å². The predicted molar refractivity (Wildman–Crippen MR) is 121 cm³/mol. The summed E-state index contributed by atoms with van der Waals surface area (Å²) in [6.07, 6.45) is 0. The second kappa shape index (κ2) is 8.44. The van der Waals surface area contributed by atoms with Crippen LogP contribution < -0.4 is 16.0 Å². The van der Waals surface area contributed by atoms with E-state index in [-0.39, 0.29) is 0 Å². The number of anilines is 3. The van der Waals surface area contributed by atoms with Crippen molar-refractivity contribution in [3.05, 3.63) is 89.5 Å². The molecule has 1 atom stereocenters. The highest BCUT2D eigenvalue weighted by atomic mass is 16.2. The number of para-hydroxylation sites is 3. The summed E-state index contributed by atoms with van der Waals surface area (Å²) in [7, 11) is 0. The smallest absolute Gasteiger partial charge is 0.238 e. The van der Waals surface area contributed by atoms with Crippen molar-refractivity contribution in [3.63, 3.8) is 0 Å². The van der Waals surface area contributed by atoms with Crippen LogP contribution in [0.2, 0.25) is 0 Å². The summed E-state index contributed by atoms with van der Waals surface area (Å²) in [5.74, 6) is -3.69. The molecule has 1 unspecified atom stereocenters. The number of fused-ring (bicyclic) bond motifs is 1. The monoisotopic (exact) mass is 413 g/mol. The molecule has 0 radical (unpaired) electrons. The van der Waals surface area contributed by atoms with Gasteiger partial charge in [0.2, 0.25) is 17.7 Å². The van der Waals surface area contributed by atoms with Gasteiger partial charge in [-0.15, -0.1) is 0 Å². The zero-order chi connectivity index (χ0) is 22.0. The highest BCUT2D eigenvalue weighted by Gasteiger charge is 2.42. The number of hydrogen-bond donors (Lipinski definition) is 3. The average molecular weight is 413 g/mol. The van der Waals surface area contributed by atoms with Gasteiger partial charge in [-0.1, -0.05) is 60.7 Å². The summed E-state index contributed by atoms with van der Waals surface area (Å²) in [4.78, 5) is 39.8. The topological polar surface area (TPSA) is 87.3 Å². The van der Waals surface area contributed by atoms with Crippen molar-refractivity contribution in [2.75, 3.05) is 16.0 Å². The van der Waals surface area contributed by atoms with Crippen molar-refractivity contribution in [3.8, 4) is 0 Å². The van der Waals surface area contributed by atoms with Gasteiger partial charge in [0.15, 0.2) is 0 Å². The first-order valence-electron chi connectivity index (χ1n) is 10.1. The molecule has 3 amide bonds. The Labute approximate surface area is 180 Å².